The Balaban J connectivity index is 3.85. The molecular formula is C9H18O3. The number of carbonyl (C=O) groups is 1. The Morgan fingerprint density at radius 2 is 1.92 bits per heavy atom. The van der Waals surface area contributed by atoms with Crippen LogP contribution in [0.2, 0.25) is 0 Å². The first-order chi connectivity index (χ1) is 5.38. The van der Waals surface area contributed by atoms with Crippen molar-refractivity contribution in [2.24, 2.45) is 5.41 Å². The Morgan fingerprint density at radius 3 is 2.25 bits per heavy atom. The van der Waals surface area contributed by atoms with E-state index in [1.54, 1.807) is 7.11 Å². The Hall–Kier alpha value is -0.570. The van der Waals surface area contributed by atoms with Crippen molar-refractivity contribution in [2.75, 3.05) is 13.7 Å². The van der Waals surface area contributed by atoms with E-state index in [0.29, 0.717) is 6.61 Å². The van der Waals surface area contributed by atoms with E-state index in [1.165, 1.54) is 0 Å². The predicted molar refractivity (Wildman–Crippen MR) is 46.9 cm³/mol. The van der Waals surface area contributed by atoms with E-state index in [-0.39, 0.29) is 12.1 Å². The first-order valence-electron chi connectivity index (χ1n) is 4.08. The maximum absolute atomic E-state index is 11.3. The van der Waals surface area contributed by atoms with Crippen molar-refractivity contribution >= 4 is 5.97 Å². The van der Waals surface area contributed by atoms with Crippen LogP contribution < -0.4 is 0 Å². The van der Waals surface area contributed by atoms with Crippen LogP contribution in [0.4, 0.5) is 0 Å². The summed E-state index contributed by atoms with van der Waals surface area (Å²) < 4.78 is 9.93. The SMILES string of the molecule is COCC(C)OC(=O)C(C)(C)C. The molecule has 0 rings (SSSR count). The summed E-state index contributed by atoms with van der Waals surface area (Å²) in [5.41, 5.74) is -0.429. The molecule has 0 fully saturated rings. The van der Waals surface area contributed by atoms with E-state index in [4.69, 9.17) is 9.47 Å². The molecule has 1 atom stereocenters. The lowest BCUT2D eigenvalue weighted by atomic mass is 9.97. The van der Waals surface area contributed by atoms with Crippen LogP contribution in [-0.4, -0.2) is 25.8 Å². The lowest BCUT2D eigenvalue weighted by molar-refractivity contribution is -0.160. The molecule has 0 aliphatic rings. The van der Waals surface area contributed by atoms with E-state index >= 15 is 0 Å². The Morgan fingerprint density at radius 1 is 1.42 bits per heavy atom. The summed E-state index contributed by atoms with van der Waals surface area (Å²) in [6, 6.07) is 0. The first kappa shape index (κ1) is 11.4. The molecule has 3 heteroatoms. The van der Waals surface area contributed by atoms with Crippen molar-refractivity contribution in [3.05, 3.63) is 0 Å². The highest BCUT2D eigenvalue weighted by molar-refractivity contribution is 5.75. The molecule has 0 aromatic heterocycles. The molecule has 0 heterocycles. The van der Waals surface area contributed by atoms with Crippen LogP contribution in [0.3, 0.4) is 0 Å². The number of carbonyl (C=O) groups excluding carboxylic acids is 1. The summed E-state index contributed by atoms with van der Waals surface area (Å²) in [6.45, 7) is 7.74. The van der Waals surface area contributed by atoms with Gasteiger partial charge in [0.05, 0.1) is 12.0 Å². The van der Waals surface area contributed by atoms with Crippen LogP contribution in [0, 0.1) is 5.41 Å². The van der Waals surface area contributed by atoms with Gasteiger partial charge in [-0.2, -0.15) is 0 Å². The average Bonchev–Trinajstić information content (AvgIpc) is 1.85. The molecule has 12 heavy (non-hydrogen) atoms. The summed E-state index contributed by atoms with van der Waals surface area (Å²) in [7, 11) is 1.58. The molecule has 0 aliphatic carbocycles. The zero-order valence-electron chi connectivity index (χ0n) is 8.51. The van der Waals surface area contributed by atoms with Gasteiger partial charge in [-0.25, -0.2) is 0 Å². The van der Waals surface area contributed by atoms with Gasteiger partial charge in [-0.15, -0.1) is 0 Å². The van der Waals surface area contributed by atoms with Gasteiger partial charge in [-0.1, -0.05) is 0 Å². The van der Waals surface area contributed by atoms with Crippen molar-refractivity contribution in [1.29, 1.82) is 0 Å². The molecule has 0 radical (unpaired) electrons. The van der Waals surface area contributed by atoms with Crippen LogP contribution in [0.15, 0.2) is 0 Å². The van der Waals surface area contributed by atoms with Gasteiger partial charge in [0.1, 0.15) is 6.10 Å². The lowest BCUT2D eigenvalue weighted by Crippen LogP contribution is -2.28. The normalized spacial score (nSPS) is 14.1. The summed E-state index contributed by atoms with van der Waals surface area (Å²) in [5.74, 6) is -0.188. The molecule has 0 saturated carbocycles. The smallest absolute Gasteiger partial charge is 0.311 e. The number of methoxy groups -OCH3 is 1. The van der Waals surface area contributed by atoms with E-state index < -0.39 is 5.41 Å². The standard InChI is InChI=1S/C9H18O3/c1-7(6-11-5)12-8(10)9(2,3)4/h7H,6H2,1-5H3. The van der Waals surface area contributed by atoms with Gasteiger partial charge < -0.3 is 9.47 Å². The molecular weight excluding hydrogens is 156 g/mol. The minimum absolute atomic E-state index is 0.165. The van der Waals surface area contributed by atoms with Gasteiger partial charge in [0.2, 0.25) is 0 Å². The predicted octanol–water partition coefficient (Wildman–Crippen LogP) is 1.61. The van der Waals surface area contributed by atoms with Crippen molar-refractivity contribution in [1.82, 2.24) is 0 Å². The Kier molecular flexibility index (Phi) is 4.24. The molecule has 1 unspecified atom stereocenters. The Bertz CT molecular complexity index is 146. The summed E-state index contributed by atoms with van der Waals surface area (Å²) in [5, 5.41) is 0. The van der Waals surface area contributed by atoms with E-state index in [1.807, 2.05) is 27.7 Å². The van der Waals surface area contributed by atoms with Crippen LogP contribution in [0.25, 0.3) is 0 Å². The third-order valence-electron chi connectivity index (χ3n) is 1.32. The van der Waals surface area contributed by atoms with Crippen LogP contribution in [0.1, 0.15) is 27.7 Å². The number of rotatable bonds is 3. The lowest BCUT2D eigenvalue weighted by Gasteiger charge is -2.20. The van der Waals surface area contributed by atoms with Gasteiger partial charge in [-0.05, 0) is 27.7 Å². The topological polar surface area (TPSA) is 35.5 Å². The van der Waals surface area contributed by atoms with Crippen LogP contribution >= 0.6 is 0 Å². The monoisotopic (exact) mass is 174 g/mol. The van der Waals surface area contributed by atoms with Gasteiger partial charge in [-0.3, -0.25) is 4.79 Å². The van der Waals surface area contributed by atoms with Crippen LogP contribution in [0.5, 0.6) is 0 Å². The minimum Gasteiger partial charge on any atom is -0.460 e. The average molecular weight is 174 g/mol. The molecule has 0 amide bonds. The summed E-state index contributed by atoms with van der Waals surface area (Å²) in [4.78, 5) is 11.3. The third kappa shape index (κ3) is 4.34. The zero-order valence-corrected chi connectivity index (χ0v) is 8.51. The summed E-state index contributed by atoms with van der Waals surface area (Å²) in [6.07, 6.45) is -0.165. The molecule has 72 valence electrons. The molecule has 0 aliphatic heterocycles. The second-order valence-electron chi connectivity index (χ2n) is 3.92. The zero-order chi connectivity index (χ0) is 9.78. The first-order valence-corrected chi connectivity index (χ1v) is 4.08. The fourth-order valence-corrected chi connectivity index (χ4v) is 0.628. The van der Waals surface area contributed by atoms with Crippen molar-refractivity contribution in [2.45, 2.75) is 33.8 Å². The largest absolute Gasteiger partial charge is 0.460 e. The van der Waals surface area contributed by atoms with E-state index in [2.05, 4.69) is 0 Å². The van der Waals surface area contributed by atoms with E-state index in [9.17, 15) is 4.79 Å². The van der Waals surface area contributed by atoms with Crippen LogP contribution in [-0.2, 0) is 14.3 Å². The number of ether oxygens (including phenoxy) is 2. The maximum Gasteiger partial charge on any atom is 0.311 e. The number of hydrogen-bond acceptors (Lipinski definition) is 3. The molecule has 0 bridgehead atoms. The quantitative estimate of drug-likeness (QED) is 0.610. The number of esters is 1. The molecule has 3 nitrogen and oxygen atoms in total. The fourth-order valence-electron chi connectivity index (χ4n) is 0.628. The molecule has 0 aromatic rings. The molecule has 0 spiro atoms. The van der Waals surface area contributed by atoms with Gasteiger partial charge >= 0.3 is 5.97 Å². The molecule has 0 saturated heterocycles. The number of hydrogen-bond donors (Lipinski definition) is 0. The van der Waals surface area contributed by atoms with Crippen molar-refractivity contribution in [3.8, 4) is 0 Å². The third-order valence-corrected chi connectivity index (χ3v) is 1.32. The summed E-state index contributed by atoms with van der Waals surface area (Å²) >= 11 is 0. The highest BCUT2D eigenvalue weighted by Crippen LogP contribution is 2.16. The van der Waals surface area contributed by atoms with Crippen molar-refractivity contribution in [3.63, 3.8) is 0 Å². The maximum atomic E-state index is 11.3. The van der Waals surface area contributed by atoms with E-state index in [0.717, 1.165) is 0 Å². The highest BCUT2D eigenvalue weighted by atomic mass is 16.6. The second-order valence-corrected chi connectivity index (χ2v) is 3.92. The fraction of sp³-hybridized carbons (Fsp3) is 0.889. The Labute approximate surface area is 74.0 Å². The molecule has 0 N–H and O–H groups in total. The minimum atomic E-state index is -0.429. The van der Waals surface area contributed by atoms with Gasteiger partial charge in [0, 0.05) is 7.11 Å². The van der Waals surface area contributed by atoms with Gasteiger partial charge in [0.25, 0.3) is 0 Å². The van der Waals surface area contributed by atoms with Gasteiger partial charge in [0.15, 0.2) is 0 Å². The second kappa shape index (κ2) is 4.45. The van der Waals surface area contributed by atoms with Crippen molar-refractivity contribution < 1.29 is 14.3 Å². The highest BCUT2D eigenvalue weighted by Gasteiger charge is 2.24. The molecule has 0 aromatic carbocycles.